The van der Waals surface area contributed by atoms with E-state index in [2.05, 4.69) is 15.2 Å². The Morgan fingerprint density at radius 1 is 1.44 bits per heavy atom. The van der Waals surface area contributed by atoms with Crippen molar-refractivity contribution in [2.75, 3.05) is 31.1 Å². The standard InChI is InChI=1S/C11H22N4OS.HI/c1-9(2)14-10(16)3-4-13-11(12)15-5-7-17-8-6-15;/h9H,3-8H2,1-2H3,(H2,12,13)(H,14,16);1H. The van der Waals surface area contributed by atoms with Crippen molar-refractivity contribution in [1.82, 2.24) is 10.2 Å². The van der Waals surface area contributed by atoms with E-state index in [9.17, 15) is 4.79 Å². The summed E-state index contributed by atoms with van der Waals surface area (Å²) < 4.78 is 0. The van der Waals surface area contributed by atoms with Crippen LogP contribution in [0, 0.1) is 0 Å². The van der Waals surface area contributed by atoms with Crippen LogP contribution in [-0.4, -0.2) is 53.9 Å². The Bertz CT molecular complexity index is 280. The molecule has 5 nitrogen and oxygen atoms in total. The molecule has 0 spiro atoms. The number of rotatable bonds is 4. The number of carbonyl (C=O) groups is 1. The summed E-state index contributed by atoms with van der Waals surface area (Å²) in [5.41, 5.74) is 5.87. The molecule has 0 atom stereocenters. The van der Waals surface area contributed by atoms with Gasteiger partial charge >= 0.3 is 0 Å². The van der Waals surface area contributed by atoms with E-state index in [1.807, 2.05) is 25.6 Å². The number of guanidine groups is 1. The number of hydrogen-bond donors (Lipinski definition) is 2. The van der Waals surface area contributed by atoms with Gasteiger partial charge in [-0.05, 0) is 13.8 Å². The lowest BCUT2D eigenvalue weighted by molar-refractivity contribution is -0.121. The minimum atomic E-state index is 0. The normalized spacial score (nSPS) is 16.4. The van der Waals surface area contributed by atoms with Gasteiger partial charge in [0, 0.05) is 37.1 Å². The summed E-state index contributed by atoms with van der Waals surface area (Å²) in [6.45, 7) is 6.27. The number of nitrogens with zero attached hydrogens (tertiary/aromatic N) is 2. The van der Waals surface area contributed by atoms with Crippen LogP contribution in [-0.2, 0) is 4.79 Å². The van der Waals surface area contributed by atoms with Crippen LogP contribution in [0.2, 0.25) is 0 Å². The van der Waals surface area contributed by atoms with Gasteiger partial charge in [0.15, 0.2) is 5.96 Å². The van der Waals surface area contributed by atoms with Crippen LogP contribution in [0.4, 0.5) is 0 Å². The highest BCUT2D eigenvalue weighted by Gasteiger charge is 2.12. The third-order valence-electron chi connectivity index (χ3n) is 2.40. The summed E-state index contributed by atoms with van der Waals surface area (Å²) in [5, 5.41) is 2.83. The van der Waals surface area contributed by atoms with Gasteiger partial charge in [-0.1, -0.05) is 0 Å². The summed E-state index contributed by atoms with van der Waals surface area (Å²) in [4.78, 5) is 17.7. The van der Waals surface area contributed by atoms with Gasteiger partial charge in [0.05, 0.1) is 6.54 Å². The number of nitrogens with two attached hydrogens (primary N) is 1. The monoisotopic (exact) mass is 386 g/mol. The van der Waals surface area contributed by atoms with Crippen molar-refractivity contribution >= 4 is 47.6 Å². The summed E-state index contributed by atoms with van der Waals surface area (Å²) >= 11 is 1.94. The molecule has 18 heavy (non-hydrogen) atoms. The smallest absolute Gasteiger partial charge is 0.222 e. The molecule has 1 heterocycles. The molecule has 0 unspecified atom stereocenters. The largest absolute Gasteiger partial charge is 0.370 e. The topological polar surface area (TPSA) is 70.7 Å². The quantitative estimate of drug-likeness (QED) is 0.428. The Balaban J connectivity index is 0.00000289. The van der Waals surface area contributed by atoms with Gasteiger partial charge in [-0.15, -0.1) is 24.0 Å². The van der Waals surface area contributed by atoms with Gasteiger partial charge in [-0.3, -0.25) is 9.79 Å². The van der Waals surface area contributed by atoms with E-state index in [0.717, 1.165) is 24.6 Å². The van der Waals surface area contributed by atoms with Crippen molar-refractivity contribution < 1.29 is 4.79 Å². The number of halogens is 1. The first kappa shape index (κ1) is 17.8. The van der Waals surface area contributed by atoms with E-state index in [1.165, 1.54) is 0 Å². The molecular formula is C11H23IN4OS. The molecule has 0 saturated carbocycles. The molecule has 3 N–H and O–H groups in total. The lowest BCUT2D eigenvalue weighted by atomic mass is 10.3. The van der Waals surface area contributed by atoms with Crippen LogP contribution in [0.5, 0.6) is 0 Å². The molecule has 1 aliphatic rings. The summed E-state index contributed by atoms with van der Waals surface area (Å²) in [6.07, 6.45) is 0.404. The molecular weight excluding hydrogens is 363 g/mol. The number of amides is 1. The average Bonchev–Trinajstić information content (AvgIpc) is 2.29. The molecule has 106 valence electrons. The molecule has 1 aliphatic heterocycles. The molecule has 0 aliphatic carbocycles. The number of thioether (sulfide) groups is 1. The van der Waals surface area contributed by atoms with Gasteiger partial charge in [0.25, 0.3) is 0 Å². The van der Waals surface area contributed by atoms with E-state index in [4.69, 9.17) is 5.73 Å². The first-order valence-electron chi connectivity index (χ1n) is 6.01. The van der Waals surface area contributed by atoms with Crippen LogP contribution in [0.15, 0.2) is 4.99 Å². The Hall–Kier alpha value is -0.180. The fourth-order valence-electron chi connectivity index (χ4n) is 1.56. The average molecular weight is 386 g/mol. The molecule has 0 radical (unpaired) electrons. The zero-order valence-corrected chi connectivity index (χ0v) is 14.2. The molecule has 0 aromatic heterocycles. The molecule has 1 rings (SSSR count). The highest BCUT2D eigenvalue weighted by Crippen LogP contribution is 2.08. The number of carbonyl (C=O) groups excluding carboxylic acids is 1. The predicted octanol–water partition coefficient (Wildman–Crippen LogP) is 0.883. The molecule has 7 heteroatoms. The van der Waals surface area contributed by atoms with Gasteiger partial charge in [0.1, 0.15) is 0 Å². The van der Waals surface area contributed by atoms with Crippen LogP contribution < -0.4 is 11.1 Å². The zero-order chi connectivity index (χ0) is 12.7. The summed E-state index contributed by atoms with van der Waals surface area (Å²) in [5.74, 6) is 2.81. The van der Waals surface area contributed by atoms with Crippen LogP contribution in [0.3, 0.4) is 0 Å². The second-order valence-electron chi connectivity index (χ2n) is 4.31. The highest BCUT2D eigenvalue weighted by atomic mass is 127. The Kier molecular flexibility index (Phi) is 9.61. The van der Waals surface area contributed by atoms with Crippen molar-refractivity contribution in [3.63, 3.8) is 0 Å². The maximum atomic E-state index is 11.4. The van der Waals surface area contributed by atoms with E-state index in [1.54, 1.807) is 0 Å². The second-order valence-corrected chi connectivity index (χ2v) is 5.54. The van der Waals surface area contributed by atoms with E-state index in [-0.39, 0.29) is 35.9 Å². The van der Waals surface area contributed by atoms with Crippen molar-refractivity contribution in [2.24, 2.45) is 10.7 Å². The van der Waals surface area contributed by atoms with Crippen molar-refractivity contribution in [3.8, 4) is 0 Å². The van der Waals surface area contributed by atoms with E-state index >= 15 is 0 Å². The highest BCUT2D eigenvalue weighted by molar-refractivity contribution is 14.0. The zero-order valence-electron chi connectivity index (χ0n) is 11.0. The summed E-state index contributed by atoms with van der Waals surface area (Å²) in [6, 6.07) is 0.183. The van der Waals surface area contributed by atoms with Gasteiger partial charge < -0.3 is 16.0 Å². The van der Waals surface area contributed by atoms with Crippen molar-refractivity contribution in [3.05, 3.63) is 0 Å². The molecule has 0 aromatic rings. The van der Waals surface area contributed by atoms with Gasteiger partial charge in [-0.25, -0.2) is 0 Å². The van der Waals surface area contributed by atoms with E-state index in [0.29, 0.717) is 18.9 Å². The van der Waals surface area contributed by atoms with Crippen LogP contribution in [0.25, 0.3) is 0 Å². The maximum absolute atomic E-state index is 11.4. The van der Waals surface area contributed by atoms with Gasteiger partial charge in [-0.2, -0.15) is 11.8 Å². The fourth-order valence-corrected chi connectivity index (χ4v) is 2.46. The third kappa shape index (κ3) is 7.30. The Morgan fingerprint density at radius 2 is 2.06 bits per heavy atom. The number of nitrogens with one attached hydrogen (secondary N) is 1. The third-order valence-corrected chi connectivity index (χ3v) is 3.34. The first-order chi connectivity index (χ1) is 8.09. The lowest BCUT2D eigenvalue weighted by Gasteiger charge is -2.27. The Morgan fingerprint density at radius 3 is 2.61 bits per heavy atom. The van der Waals surface area contributed by atoms with Crippen molar-refractivity contribution in [2.45, 2.75) is 26.3 Å². The lowest BCUT2D eigenvalue weighted by Crippen LogP contribution is -2.42. The maximum Gasteiger partial charge on any atom is 0.222 e. The number of hydrogen-bond acceptors (Lipinski definition) is 3. The number of aliphatic imine (C=N–C) groups is 1. The molecule has 1 saturated heterocycles. The van der Waals surface area contributed by atoms with Crippen LogP contribution in [0.1, 0.15) is 20.3 Å². The van der Waals surface area contributed by atoms with Gasteiger partial charge in [0.2, 0.25) is 5.91 Å². The molecule has 0 bridgehead atoms. The second kappa shape index (κ2) is 9.71. The molecule has 0 aromatic carbocycles. The minimum absolute atomic E-state index is 0. The van der Waals surface area contributed by atoms with Crippen molar-refractivity contribution in [1.29, 1.82) is 0 Å². The fraction of sp³-hybridized carbons (Fsp3) is 0.818. The summed E-state index contributed by atoms with van der Waals surface area (Å²) in [7, 11) is 0. The molecule has 1 amide bonds. The molecule has 1 fully saturated rings. The SMILES string of the molecule is CC(C)NC(=O)CCN=C(N)N1CCSCC1.I. The Labute approximate surface area is 130 Å². The first-order valence-corrected chi connectivity index (χ1v) is 7.17. The minimum Gasteiger partial charge on any atom is -0.370 e. The predicted molar refractivity (Wildman–Crippen MR) is 88.7 cm³/mol. The van der Waals surface area contributed by atoms with E-state index < -0.39 is 0 Å². The van der Waals surface area contributed by atoms with Crippen LogP contribution >= 0.6 is 35.7 Å².